The molecule has 0 fully saturated rings. The third-order valence-corrected chi connectivity index (χ3v) is 3.06. The molecule has 0 N–H and O–H groups in total. The van der Waals surface area contributed by atoms with Crippen molar-refractivity contribution in [2.45, 2.75) is 26.2 Å². The molecular weight excluding hydrogens is 206 g/mol. The van der Waals surface area contributed by atoms with Crippen LogP contribution in [0.15, 0.2) is 42.5 Å². The smallest absolute Gasteiger partial charge is 0.0721 e. The van der Waals surface area contributed by atoms with Crippen molar-refractivity contribution >= 4 is 10.8 Å². The Labute approximate surface area is 103 Å². The van der Waals surface area contributed by atoms with Gasteiger partial charge in [-0.1, -0.05) is 56.3 Å². The summed E-state index contributed by atoms with van der Waals surface area (Å²) in [4.78, 5) is 0. The van der Waals surface area contributed by atoms with Crippen LogP contribution in [0.3, 0.4) is 0 Å². The third-order valence-electron chi connectivity index (χ3n) is 3.06. The highest BCUT2D eigenvalue weighted by Gasteiger charge is 2.14. The quantitative estimate of drug-likeness (QED) is 0.752. The third kappa shape index (κ3) is 2.47. The highest BCUT2D eigenvalue weighted by atomic mass is 14.3. The van der Waals surface area contributed by atoms with E-state index in [2.05, 4.69) is 44.2 Å². The average molecular weight is 223 g/mol. The normalized spacial score (nSPS) is 12.6. The number of hydrogen-bond acceptors (Lipinski definition) is 1. The van der Waals surface area contributed by atoms with Gasteiger partial charge in [-0.2, -0.15) is 5.26 Å². The Morgan fingerprint density at radius 2 is 1.76 bits per heavy atom. The number of nitrogens with zero attached hydrogens (tertiary/aromatic N) is 1. The molecule has 0 heterocycles. The van der Waals surface area contributed by atoms with Crippen LogP contribution in [0.5, 0.6) is 0 Å². The van der Waals surface area contributed by atoms with Gasteiger partial charge in [-0.15, -0.1) is 0 Å². The monoisotopic (exact) mass is 223 g/mol. The van der Waals surface area contributed by atoms with Gasteiger partial charge in [-0.3, -0.25) is 0 Å². The van der Waals surface area contributed by atoms with Crippen LogP contribution < -0.4 is 0 Å². The van der Waals surface area contributed by atoms with Crippen LogP contribution in [0.2, 0.25) is 0 Å². The van der Waals surface area contributed by atoms with Crippen LogP contribution in [-0.4, -0.2) is 0 Å². The van der Waals surface area contributed by atoms with Gasteiger partial charge in [0.1, 0.15) is 0 Å². The first-order chi connectivity index (χ1) is 8.22. The van der Waals surface area contributed by atoms with Crippen molar-refractivity contribution in [3.8, 4) is 6.07 Å². The van der Waals surface area contributed by atoms with Crippen molar-refractivity contribution in [2.75, 3.05) is 0 Å². The lowest BCUT2D eigenvalue weighted by atomic mass is 9.88. The Kier molecular flexibility index (Phi) is 3.44. The molecule has 1 atom stereocenters. The molecule has 0 aliphatic heterocycles. The summed E-state index contributed by atoms with van der Waals surface area (Å²) >= 11 is 0. The van der Waals surface area contributed by atoms with Crippen molar-refractivity contribution in [1.82, 2.24) is 0 Å². The first kappa shape index (κ1) is 11.7. The summed E-state index contributed by atoms with van der Waals surface area (Å²) in [6.45, 7) is 4.32. The summed E-state index contributed by atoms with van der Waals surface area (Å²) in [6, 6.07) is 16.9. The van der Waals surface area contributed by atoms with Crippen LogP contribution in [0.1, 0.15) is 31.7 Å². The van der Waals surface area contributed by atoms with E-state index in [4.69, 9.17) is 0 Å². The standard InChI is InChI=1S/C16H17N/c1-12(2)10-14(11-17)16-9-5-7-13-6-3-4-8-15(13)16/h3-9,12,14H,10H2,1-2H3. The molecule has 17 heavy (non-hydrogen) atoms. The number of hydrogen-bond donors (Lipinski definition) is 0. The highest BCUT2D eigenvalue weighted by molar-refractivity contribution is 5.86. The van der Waals surface area contributed by atoms with Crippen LogP contribution >= 0.6 is 0 Å². The summed E-state index contributed by atoms with van der Waals surface area (Å²) in [5.74, 6) is 0.541. The summed E-state index contributed by atoms with van der Waals surface area (Å²) in [7, 11) is 0. The maximum Gasteiger partial charge on any atom is 0.0721 e. The first-order valence-electron chi connectivity index (χ1n) is 6.09. The van der Waals surface area contributed by atoms with E-state index in [0.717, 1.165) is 6.42 Å². The van der Waals surface area contributed by atoms with E-state index in [1.807, 2.05) is 18.2 Å². The van der Waals surface area contributed by atoms with Gasteiger partial charge in [0.2, 0.25) is 0 Å². The largest absolute Gasteiger partial charge is 0.198 e. The van der Waals surface area contributed by atoms with Gasteiger partial charge < -0.3 is 0 Å². The Hall–Kier alpha value is -1.81. The summed E-state index contributed by atoms with van der Waals surface area (Å²) in [5, 5.41) is 11.8. The summed E-state index contributed by atoms with van der Waals surface area (Å²) in [5.41, 5.74) is 1.17. The van der Waals surface area contributed by atoms with E-state index in [1.54, 1.807) is 0 Å². The average Bonchev–Trinajstić information content (AvgIpc) is 2.35. The van der Waals surface area contributed by atoms with E-state index in [0.29, 0.717) is 5.92 Å². The summed E-state index contributed by atoms with van der Waals surface area (Å²) < 4.78 is 0. The Morgan fingerprint density at radius 1 is 1.06 bits per heavy atom. The fourth-order valence-corrected chi connectivity index (χ4v) is 2.27. The molecule has 1 nitrogen and oxygen atoms in total. The maximum atomic E-state index is 9.34. The van der Waals surface area contributed by atoms with Crippen molar-refractivity contribution in [1.29, 1.82) is 5.26 Å². The van der Waals surface area contributed by atoms with Gasteiger partial charge in [0.15, 0.2) is 0 Å². The lowest BCUT2D eigenvalue weighted by Gasteiger charge is -2.14. The summed E-state index contributed by atoms with van der Waals surface area (Å²) in [6.07, 6.45) is 0.921. The number of rotatable bonds is 3. The molecule has 0 spiro atoms. The minimum Gasteiger partial charge on any atom is -0.198 e. The van der Waals surface area contributed by atoms with Crippen LogP contribution in [0.25, 0.3) is 10.8 Å². The zero-order valence-corrected chi connectivity index (χ0v) is 10.4. The van der Waals surface area contributed by atoms with Crippen molar-refractivity contribution < 1.29 is 0 Å². The molecule has 2 rings (SSSR count). The molecule has 1 unspecified atom stereocenters. The fraction of sp³-hybridized carbons (Fsp3) is 0.312. The SMILES string of the molecule is CC(C)CC(C#N)c1cccc2ccccc12. The Morgan fingerprint density at radius 3 is 2.47 bits per heavy atom. The molecule has 0 amide bonds. The van der Waals surface area contributed by atoms with E-state index >= 15 is 0 Å². The minimum atomic E-state index is 0.00102. The van der Waals surface area contributed by atoms with Crippen molar-refractivity contribution in [2.24, 2.45) is 5.92 Å². The molecule has 1 heteroatoms. The van der Waals surface area contributed by atoms with E-state index in [-0.39, 0.29) is 5.92 Å². The van der Waals surface area contributed by atoms with E-state index in [1.165, 1.54) is 16.3 Å². The molecule has 0 aliphatic carbocycles. The fourth-order valence-electron chi connectivity index (χ4n) is 2.27. The molecule has 0 aliphatic rings. The predicted molar refractivity (Wildman–Crippen MR) is 71.8 cm³/mol. The number of nitriles is 1. The van der Waals surface area contributed by atoms with E-state index < -0.39 is 0 Å². The second kappa shape index (κ2) is 5.01. The van der Waals surface area contributed by atoms with Crippen LogP contribution in [0, 0.1) is 17.2 Å². The molecule has 0 bridgehead atoms. The zero-order chi connectivity index (χ0) is 12.3. The number of benzene rings is 2. The second-order valence-corrected chi connectivity index (χ2v) is 4.88. The molecule has 2 aromatic carbocycles. The molecule has 2 aromatic rings. The van der Waals surface area contributed by atoms with Crippen molar-refractivity contribution in [3.05, 3.63) is 48.0 Å². The van der Waals surface area contributed by atoms with E-state index in [9.17, 15) is 5.26 Å². The maximum absolute atomic E-state index is 9.34. The first-order valence-corrected chi connectivity index (χ1v) is 6.09. The Balaban J connectivity index is 2.50. The van der Waals surface area contributed by atoms with Gasteiger partial charge in [0.05, 0.1) is 12.0 Å². The topological polar surface area (TPSA) is 23.8 Å². The molecule has 0 saturated heterocycles. The molecule has 0 radical (unpaired) electrons. The lowest BCUT2D eigenvalue weighted by molar-refractivity contribution is 0.557. The minimum absolute atomic E-state index is 0.00102. The van der Waals surface area contributed by atoms with Gasteiger partial charge in [-0.05, 0) is 28.7 Å². The highest BCUT2D eigenvalue weighted by Crippen LogP contribution is 2.29. The Bertz CT molecular complexity index is 543. The molecule has 86 valence electrons. The second-order valence-electron chi connectivity index (χ2n) is 4.88. The predicted octanol–water partition coefficient (Wildman–Crippen LogP) is 4.49. The van der Waals surface area contributed by atoms with Gasteiger partial charge in [0, 0.05) is 0 Å². The lowest BCUT2D eigenvalue weighted by Crippen LogP contribution is -2.01. The van der Waals surface area contributed by atoms with Gasteiger partial charge in [0.25, 0.3) is 0 Å². The molecule has 0 saturated carbocycles. The van der Waals surface area contributed by atoms with Crippen molar-refractivity contribution in [3.63, 3.8) is 0 Å². The number of fused-ring (bicyclic) bond motifs is 1. The van der Waals surface area contributed by atoms with Crippen LogP contribution in [0.4, 0.5) is 0 Å². The molecule has 0 aromatic heterocycles. The van der Waals surface area contributed by atoms with Crippen LogP contribution in [-0.2, 0) is 0 Å². The van der Waals surface area contributed by atoms with Gasteiger partial charge >= 0.3 is 0 Å². The zero-order valence-electron chi connectivity index (χ0n) is 10.4. The molecular formula is C16H17N. The van der Waals surface area contributed by atoms with Gasteiger partial charge in [-0.25, -0.2) is 0 Å².